The number of carbonyl (C=O) groups is 1. The number of amides is 1. The van der Waals surface area contributed by atoms with Crippen LogP contribution in [0.1, 0.15) is 28.8 Å². The van der Waals surface area contributed by atoms with Crippen molar-refractivity contribution in [2.45, 2.75) is 18.9 Å². The number of hydrogen-bond acceptors (Lipinski definition) is 3. The van der Waals surface area contributed by atoms with Crippen molar-refractivity contribution in [3.8, 4) is 11.8 Å². The van der Waals surface area contributed by atoms with Crippen LogP contribution >= 0.6 is 0 Å². The lowest BCUT2D eigenvalue weighted by atomic mass is 10.1. The molecule has 0 radical (unpaired) electrons. The number of aliphatic hydroxyl groups excluding tert-OH is 1. The van der Waals surface area contributed by atoms with Gasteiger partial charge in [-0.15, -0.1) is 0 Å². The Kier molecular flexibility index (Phi) is 4.23. The number of carbonyl (C=O) groups excluding carboxylic acids is 1. The second-order valence-corrected chi connectivity index (χ2v) is 5.56. The summed E-state index contributed by atoms with van der Waals surface area (Å²) in [5.41, 5.74) is 1.33. The molecule has 1 amide bonds. The van der Waals surface area contributed by atoms with Crippen molar-refractivity contribution in [1.82, 2.24) is 9.80 Å². The van der Waals surface area contributed by atoms with Crippen LogP contribution in [0.15, 0.2) is 24.3 Å². The van der Waals surface area contributed by atoms with Crippen LogP contribution in [0.4, 0.5) is 0 Å². The molecule has 0 aromatic heterocycles. The molecule has 0 spiro atoms. The summed E-state index contributed by atoms with van der Waals surface area (Å²) in [6.45, 7) is 3.33. The van der Waals surface area contributed by atoms with Gasteiger partial charge in [-0.3, -0.25) is 9.69 Å². The summed E-state index contributed by atoms with van der Waals surface area (Å²) in [5, 5.41) is 8.82. The van der Waals surface area contributed by atoms with Crippen molar-refractivity contribution in [2.24, 2.45) is 0 Å². The third-order valence-electron chi connectivity index (χ3n) is 4.12. The van der Waals surface area contributed by atoms with Gasteiger partial charge in [0.1, 0.15) is 6.61 Å². The minimum atomic E-state index is -0.192. The topological polar surface area (TPSA) is 43.8 Å². The molecule has 0 bridgehead atoms. The summed E-state index contributed by atoms with van der Waals surface area (Å²) >= 11 is 0. The number of benzene rings is 1. The maximum absolute atomic E-state index is 12.7. The van der Waals surface area contributed by atoms with E-state index in [2.05, 4.69) is 16.7 Å². The molecule has 3 rings (SSSR count). The molecule has 21 heavy (non-hydrogen) atoms. The molecule has 0 unspecified atom stereocenters. The van der Waals surface area contributed by atoms with Gasteiger partial charge in [0.15, 0.2) is 0 Å². The lowest BCUT2D eigenvalue weighted by molar-refractivity contribution is 0.0627. The molecule has 1 aromatic rings. The van der Waals surface area contributed by atoms with Gasteiger partial charge in [-0.25, -0.2) is 0 Å². The first-order valence-corrected chi connectivity index (χ1v) is 7.51. The molecule has 1 saturated heterocycles. The molecule has 2 aliphatic rings. The van der Waals surface area contributed by atoms with Gasteiger partial charge >= 0.3 is 0 Å². The Balaban J connectivity index is 1.70. The first-order chi connectivity index (χ1) is 10.3. The summed E-state index contributed by atoms with van der Waals surface area (Å²) in [7, 11) is 0. The maximum atomic E-state index is 12.7. The molecule has 2 fully saturated rings. The number of rotatable bonds is 2. The Morgan fingerprint density at radius 2 is 1.90 bits per heavy atom. The zero-order valence-electron chi connectivity index (χ0n) is 12.1. The predicted octanol–water partition coefficient (Wildman–Crippen LogP) is 0.951. The van der Waals surface area contributed by atoms with Crippen LogP contribution in [0.25, 0.3) is 0 Å². The van der Waals surface area contributed by atoms with E-state index in [0.717, 1.165) is 32.2 Å². The zero-order valence-corrected chi connectivity index (χ0v) is 12.1. The quantitative estimate of drug-likeness (QED) is 0.822. The van der Waals surface area contributed by atoms with Crippen LogP contribution in [0.5, 0.6) is 0 Å². The number of piperazine rings is 1. The van der Waals surface area contributed by atoms with Crippen LogP contribution < -0.4 is 0 Å². The SMILES string of the molecule is O=C(c1ccccc1C#CCO)N1CCN(C2CC2)CC1. The van der Waals surface area contributed by atoms with Crippen molar-refractivity contribution in [3.05, 3.63) is 35.4 Å². The Morgan fingerprint density at radius 1 is 1.19 bits per heavy atom. The van der Waals surface area contributed by atoms with Crippen LogP contribution in [-0.4, -0.2) is 59.6 Å². The Bertz CT molecular complexity index is 576. The molecule has 1 aliphatic carbocycles. The van der Waals surface area contributed by atoms with Crippen LogP contribution in [-0.2, 0) is 0 Å². The highest BCUT2D eigenvalue weighted by Gasteiger charge is 2.32. The van der Waals surface area contributed by atoms with Crippen LogP contribution in [0.2, 0.25) is 0 Å². The largest absolute Gasteiger partial charge is 0.384 e. The van der Waals surface area contributed by atoms with Crippen LogP contribution in [0, 0.1) is 11.8 Å². The molecular weight excluding hydrogens is 264 g/mol. The van der Waals surface area contributed by atoms with E-state index >= 15 is 0 Å². The van der Waals surface area contributed by atoms with Crippen molar-refractivity contribution >= 4 is 5.91 Å². The second kappa shape index (κ2) is 6.30. The maximum Gasteiger partial charge on any atom is 0.255 e. The fraction of sp³-hybridized carbons (Fsp3) is 0.471. The minimum Gasteiger partial charge on any atom is -0.384 e. The fourth-order valence-electron chi connectivity index (χ4n) is 2.81. The first-order valence-electron chi connectivity index (χ1n) is 7.51. The smallest absolute Gasteiger partial charge is 0.255 e. The predicted molar refractivity (Wildman–Crippen MR) is 80.9 cm³/mol. The second-order valence-electron chi connectivity index (χ2n) is 5.56. The monoisotopic (exact) mass is 284 g/mol. The number of nitrogens with zero attached hydrogens (tertiary/aromatic N) is 2. The highest BCUT2D eigenvalue weighted by Crippen LogP contribution is 2.27. The number of hydrogen-bond donors (Lipinski definition) is 1. The molecule has 110 valence electrons. The normalized spacial score (nSPS) is 19.0. The van der Waals surface area contributed by atoms with E-state index in [0.29, 0.717) is 11.1 Å². The van der Waals surface area contributed by atoms with E-state index < -0.39 is 0 Å². The summed E-state index contributed by atoms with van der Waals surface area (Å²) in [4.78, 5) is 17.1. The van der Waals surface area contributed by atoms with Gasteiger partial charge in [-0.1, -0.05) is 24.0 Å². The first kappa shape index (κ1) is 14.1. The van der Waals surface area contributed by atoms with Crippen molar-refractivity contribution in [1.29, 1.82) is 0 Å². The third kappa shape index (κ3) is 3.26. The highest BCUT2D eigenvalue weighted by atomic mass is 16.2. The molecule has 4 nitrogen and oxygen atoms in total. The molecule has 0 atom stereocenters. The Hall–Kier alpha value is -1.83. The van der Waals surface area contributed by atoms with Gasteiger partial charge < -0.3 is 10.0 Å². The molecule has 1 aromatic carbocycles. The number of aliphatic hydroxyl groups is 1. The van der Waals surface area contributed by atoms with E-state index in [-0.39, 0.29) is 12.5 Å². The van der Waals surface area contributed by atoms with E-state index in [1.807, 2.05) is 29.2 Å². The van der Waals surface area contributed by atoms with Crippen molar-refractivity contribution < 1.29 is 9.90 Å². The average Bonchev–Trinajstić information content (AvgIpc) is 3.37. The molecule has 1 aliphatic heterocycles. The van der Waals surface area contributed by atoms with E-state index in [9.17, 15) is 4.79 Å². The van der Waals surface area contributed by atoms with Gasteiger partial charge in [0, 0.05) is 37.8 Å². The van der Waals surface area contributed by atoms with E-state index in [1.165, 1.54) is 12.8 Å². The van der Waals surface area contributed by atoms with Crippen molar-refractivity contribution in [3.63, 3.8) is 0 Å². The van der Waals surface area contributed by atoms with Gasteiger partial charge in [0.2, 0.25) is 0 Å². The highest BCUT2D eigenvalue weighted by molar-refractivity contribution is 5.96. The summed E-state index contributed by atoms with van der Waals surface area (Å²) in [6.07, 6.45) is 2.63. The van der Waals surface area contributed by atoms with Gasteiger partial charge in [-0.05, 0) is 25.0 Å². The molecular formula is C17H20N2O2. The van der Waals surface area contributed by atoms with Gasteiger partial charge in [0.25, 0.3) is 5.91 Å². The van der Waals surface area contributed by atoms with E-state index in [1.54, 1.807) is 0 Å². The molecule has 4 heteroatoms. The molecule has 1 saturated carbocycles. The standard InChI is InChI=1S/C17H20N2O2/c20-13-3-5-14-4-1-2-6-16(14)17(21)19-11-9-18(10-12-19)15-7-8-15/h1-2,4,6,15,20H,7-13H2. The minimum absolute atomic E-state index is 0.0493. The summed E-state index contributed by atoms with van der Waals surface area (Å²) < 4.78 is 0. The third-order valence-corrected chi connectivity index (χ3v) is 4.12. The molecule has 1 heterocycles. The van der Waals surface area contributed by atoms with E-state index in [4.69, 9.17) is 5.11 Å². The van der Waals surface area contributed by atoms with Gasteiger partial charge in [0.05, 0.1) is 5.56 Å². The Morgan fingerprint density at radius 3 is 2.57 bits per heavy atom. The Labute approximate surface area is 125 Å². The van der Waals surface area contributed by atoms with Crippen molar-refractivity contribution in [2.75, 3.05) is 32.8 Å². The molecule has 1 N–H and O–H groups in total. The summed E-state index contributed by atoms with van der Waals surface area (Å²) in [6, 6.07) is 8.14. The van der Waals surface area contributed by atoms with Crippen LogP contribution in [0.3, 0.4) is 0 Å². The lowest BCUT2D eigenvalue weighted by Gasteiger charge is -2.35. The fourth-order valence-corrected chi connectivity index (χ4v) is 2.81. The zero-order chi connectivity index (χ0) is 14.7. The van der Waals surface area contributed by atoms with Gasteiger partial charge in [-0.2, -0.15) is 0 Å². The average molecular weight is 284 g/mol. The summed E-state index contributed by atoms with van der Waals surface area (Å²) in [5.74, 6) is 5.53. The lowest BCUT2D eigenvalue weighted by Crippen LogP contribution is -2.49.